The Bertz CT molecular complexity index is 968. The largest absolute Gasteiger partial charge is 0.372 e. The number of nitro groups is 1. The minimum atomic E-state index is -0.471. The second-order valence-corrected chi connectivity index (χ2v) is 7.96. The molecule has 0 saturated carbocycles. The van der Waals surface area contributed by atoms with Crippen LogP contribution in [-0.4, -0.2) is 57.5 Å². The number of nitrogens with zero attached hydrogens (tertiary/aromatic N) is 5. The first kappa shape index (κ1) is 20.2. The SMILES string of the molecule is Cc1nc2c(c(N3C[C@@H](C)O[C@@H](C)C3)n1)CN(C(=O)c1ccc([N+](=O)[O-])cc1)CC2. The average molecular weight is 411 g/mol. The van der Waals surface area contributed by atoms with Crippen LogP contribution in [-0.2, 0) is 17.7 Å². The van der Waals surface area contributed by atoms with E-state index in [2.05, 4.69) is 9.88 Å². The normalized spacial score (nSPS) is 21.3. The highest BCUT2D eigenvalue weighted by Gasteiger charge is 2.31. The number of carbonyl (C=O) groups is 1. The number of hydrogen-bond donors (Lipinski definition) is 0. The molecule has 1 aromatic heterocycles. The Morgan fingerprint density at radius 3 is 2.47 bits per heavy atom. The Balaban J connectivity index is 1.61. The summed E-state index contributed by atoms with van der Waals surface area (Å²) in [4.78, 5) is 36.8. The molecule has 9 nitrogen and oxygen atoms in total. The molecule has 1 amide bonds. The number of nitro benzene ring substituents is 1. The van der Waals surface area contributed by atoms with Gasteiger partial charge >= 0.3 is 0 Å². The summed E-state index contributed by atoms with van der Waals surface area (Å²) in [5.74, 6) is 1.46. The summed E-state index contributed by atoms with van der Waals surface area (Å²) in [5.41, 5.74) is 2.37. The number of anilines is 1. The zero-order chi connectivity index (χ0) is 21.4. The van der Waals surface area contributed by atoms with Crippen molar-refractivity contribution in [2.24, 2.45) is 0 Å². The zero-order valence-electron chi connectivity index (χ0n) is 17.4. The van der Waals surface area contributed by atoms with Gasteiger partial charge in [0.05, 0.1) is 29.4 Å². The molecule has 0 unspecified atom stereocenters. The highest BCUT2D eigenvalue weighted by Crippen LogP contribution is 2.29. The number of aromatic nitrogens is 2. The molecule has 9 heteroatoms. The monoisotopic (exact) mass is 411 g/mol. The number of non-ortho nitro benzene ring substituents is 1. The molecule has 0 aliphatic carbocycles. The maximum absolute atomic E-state index is 13.0. The van der Waals surface area contributed by atoms with Crippen molar-refractivity contribution in [3.63, 3.8) is 0 Å². The fourth-order valence-electron chi connectivity index (χ4n) is 4.21. The number of rotatable bonds is 3. The highest BCUT2D eigenvalue weighted by atomic mass is 16.6. The Hall–Kier alpha value is -3.07. The van der Waals surface area contributed by atoms with E-state index in [9.17, 15) is 14.9 Å². The Morgan fingerprint density at radius 2 is 1.83 bits per heavy atom. The Morgan fingerprint density at radius 1 is 1.17 bits per heavy atom. The molecule has 0 radical (unpaired) electrons. The van der Waals surface area contributed by atoms with Gasteiger partial charge in [0.15, 0.2) is 0 Å². The van der Waals surface area contributed by atoms with Crippen LogP contribution in [0.3, 0.4) is 0 Å². The van der Waals surface area contributed by atoms with E-state index >= 15 is 0 Å². The number of carbonyl (C=O) groups excluding carboxylic acids is 1. The van der Waals surface area contributed by atoms with Crippen LogP contribution in [0.25, 0.3) is 0 Å². The van der Waals surface area contributed by atoms with Crippen LogP contribution in [0.5, 0.6) is 0 Å². The van der Waals surface area contributed by atoms with Gasteiger partial charge in [0, 0.05) is 49.3 Å². The van der Waals surface area contributed by atoms with E-state index in [4.69, 9.17) is 9.72 Å². The molecule has 1 saturated heterocycles. The third-order valence-corrected chi connectivity index (χ3v) is 5.48. The fourth-order valence-corrected chi connectivity index (χ4v) is 4.21. The second kappa shape index (κ2) is 7.98. The van der Waals surface area contributed by atoms with Gasteiger partial charge in [0.2, 0.25) is 0 Å². The van der Waals surface area contributed by atoms with Gasteiger partial charge in [-0.15, -0.1) is 0 Å². The van der Waals surface area contributed by atoms with Gasteiger partial charge in [0.1, 0.15) is 11.6 Å². The summed E-state index contributed by atoms with van der Waals surface area (Å²) in [7, 11) is 0. The predicted octanol–water partition coefficient (Wildman–Crippen LogP) is 2.51. The molecular weight excluding hydrogens is 386 g/mol. The van der Waals surface area contributed by atoms with E-state index in [1.54, 1.807) is 4.90 Å². The number of amides is 1. The molecule has 0 spiro atoms. The molecule has 2 aliphatic heterocycles. The van der Waals surface area contributed by atoms with E-state index < -0.39 is 4.92 Å². The minimum Gasteiger partial charge on any atom is -0.372 e. The first-order valence-corrected chi connectivity index (χ1v) is 10.1. The lowest BCUT2D eigenvalue weighted by Crippen LogP contribution is -2.47. The van der Waals surface area contributed by atoms with Crippen LogP contribution >= 0.6 is 0 Å². The van der Waals surface area contributed by atoms with Gasteiger partial charge in [-0.2, -0.15) is 0 Å². The van der Waals surface area contributed by atoms with Crippen LogP contribution in [0, 0.1) is 17.0 Å². The van der Waals surface area contributed by atoms with Crippen molar-refractivity contribution < 1.29 is 14.5 Å². The van der Waals surface area contributed by atoms with Gasteiger partial charge in [-0.05, 0) is 32.9 Å². The van der Waals surface area contributed by atoms with Crippen molar-refractivity contribution >= 4 is 17.4 Å². The molecule has 0 bridgehead atoms. The quantitative estimate of drug-likeness (QED) is 0.565. The lowest BCUT2D eigenvalue weighted by Gasteiger charge is -2.38. The predicted molar refractivity (Wildman–Crippen MR) is 111 cm³/mol. The number of fused-ring (bicyclic) bond motifs is 1. The standard InChI is InChI=1S/C21H25N5O4/c1-13-10-25(11-14(2)30-13)20-18-12-24(9-8-19(18)22-15(3)23-20)21(27)16-4-6-17(7-5-16)26(28)29/h4-7,13-14H,8-12H2,1-3H3/t13-,14+. The average Bonchev–Trinajstić information content (AvgIpc) is 2.71. The van der Waals surface area contributed by atoms with Gasteiger partial charge in [-0.3, -0.25) is 14.9 Å². The highest BCUT2D eigenvalue weighted by molar-refractivity contribution is 5.94. The van der Waals surface area contributed by atoms with E-state index in [0.29, 0.717) is 25.1 Å². The van der Waals surface area contributed by atoms with Crippen LogP contribution in [0.1, 0.15) is 41.3 Å². The Labute approximate surface area is 174 Å². The summed E-state index contributed by atoms with van der Waals surface area (Å²) in [6.45, 7) is 8.44. The van der Waals surface area contributed by atoms with Crippen LogP contribution in [0.4, 0.5) is 11.5 Å². The summed E-state index contributed by atoms with van der Waals surface area (Å²) in [6.07, 6.45) is 0.849. The van der Waals surface area contributed by atoms with E-state index in [1.165, 1.54) is 24.3 Å². The van der Waals surface area contributed by atoms with E-state index in [1.807, 2.05) is 20.8 Å². The molecule has 0 N–H and O–H groups in total. The van der Waals surface area contributed by atoms with Crippen molar-refractivity contribution in [1.29, 1.82) is 0 Å². The van der Waals surface area contributed by atoms with Crippen molar-refractivity contribution in [2.45, 2.75) is 45.9 Å². The number of morpholine rings is 1. The topological polar surface area (TPSA) is 102 Å². The molecule has 1 fully saturated rings. The van der Waals surface area contributed by atoms with Crippen LogP contribution in [0.2, 0.25) is 0 Å². The number of aryl methyl sites for hydroxylation is 1. The van der Waals surface area contributed by atoms with Gasteiger partial charge < -0.3 is 14.5 Å². The van der Waals surface area contributed by atoms with E-state index in [0.717, 1.165) is 36.0 Å². The van der Waals surface area contributed by atoms with Crippen molar-refractivity contribution in [3.05, 3.63) is 57.0 Å². The summed E-state index contributed by atoms with van der Waals surface area (Å²) in [5, 5.41) is 10.9. The van der Waals surface area contributed by atoms with E-state index in [-0.39, 0.29) is 23.8 Å². The van der Waals surface area contributed by atoms with Crippen molar-refractivity contribution in [2.75, 3.05) is 24.5 Å². The van der Waals surface area contributed by atoms with Gasteiger partial charge in [0.25, 0.3) is 11.6 Å². The summed E-state index contributed by atoms with van der Waals surface area (Å²) < 4.78 is 5.86. The molecule has 3 heterocycles. The number of benzene rings is 1. The molecular formula is C21H25N5O4. The van der Waals surface area contributed by atoms with Gasteiger partial charge in [-0.1, -0.05) is 0 Å². The third-order valence-electron chi connectivity index (χ3n) is 5.48. The second-order valence-electron chi connectivity index (χ2n) is 7.96. The zero-order valence-corrected chi connectivity index (χ0v) is 17.4. The minimum absolute atomic E-state index is 0.0303. The Kier molecular flexibility index (Phi) is 5.38. The maximum atomic E-state index is 13.0. The first-order valence-electron chi connectivity index (χ1n) is 10.1. The van der Waals surface area contributed by atoms with Crippen molar-refractivity contribution in [3.8, 4) is 0 Å². The van der Waals surface area contributed by atoms with Crippen LogP contribution in [0.15, 0.2) is 24.3 Å². The first-order chi connectivity index (χ1) is 14.3. The smallest absolute Gasteiger partial charge is 0.269 e. The van der Waals surface area contributed by atoms with Gasteiger partial charge in [-0.25, -0.2) is 9.97 Å². The molecule has 158 valence electrons. The summed E-state index contributed by atoms with van der Waals surface area (Å²) >= 11 is 0. The molecule has 2 aliphatic rings. The van der Waals surface area contributed by atoms with Crippen LogP contribution < -0.4 is 4.90 Å². The van der Waals surface area contributed by atoms with Crippen molar-refractivity contribution in [1.82, 2.24) is 14.9 Å². The molecule has 1 aromatic carbocycles. The molecule has 2 atom stereocenters. The third kappa shape index (κ3) is 3.97. The molecule has 4 rings (SSSR count). The lowest BCUT2D eigenvalue weighted by atomic mass is 10.0. The summed E-state index contributed by atoms with van der Waals surface area (Å²) in [6, 6.07) is 5.74. The maximum Gasteiger partial charge on any atom is 0.269 e. The lowest BCUT2D eigenvalue weighted by molar-refractivity contribution is -0.384. The molecule has 2 aromatic rings. The molecule has 30 heavy (non-hydrogen) atoms. The number of ether oxygens (including phenoxy) is 1. The number of hydrogen-bond acceptors (Lipinski definition) is 7. The fraction of sp³-hybridized carbons (Fsp3) is 0.476.